The zero-order chi connectivity index (χ0) is 15.7. The first-order valence-corrected chi connectivity index (χ1v) is 6.98. The highest BCUT2D eigenvalue weighted by atomic mass is 35.5. The topological polar surface area (TPSA) is 48.1 Å². The number of alkyl halides is 3. The van der Waals surface area contributed by atoms with Gasteiger partial charge in [0.25, 0.3) is 0 Å². The van der Waals surface area contributed by atoms with Crippen molar-refractivity contribution < 1.29 is 17.9 Å². The Balaban J connectivity index is 0.00000192. The van der Waals surface area contributed by atoms with Crippen LogP contribution in [0, 0.1) is 0 Å². The molecule has 2 aromatic rings. The normalized spacial score (nSPS) is 17.3. The molecule has 1 aliphatic heterocycles. The minimum atomic E-state index is -4.45. The van der Waals surface area contributed by atoms with Gasteiger partial charge in [0.05, 0.1) is 12.7 Å². The summed E-state index contributed by atoms with van der Waals surface area (Å²) in [4.78, 5) is 3.41. The molecule has 0 saturated heterocycles. The molecule has 124 valence electrons. The number of rotatable bonds is 2. The van der Waals surface area contributed by atoms with Crippen molar-refractivity contribution in [3.05, 3.63) is 53.3 Å². The summed E-state index contributed by atoms with van der Waals surface area (Å²) < 4.78 is 44.1. The van der Waals surface area contributed by atoms with Gasteiger partial charge in [0.2, 0.25) is 0 Å². The molecular weight excluding hydrogens is 329 g/mol. The van der Waals surface area contributed by atoms with Crippen LogP contribution in [0.15, 0.2) is 36.5 Å². The molecule has 23 heavy (non-hydrogen) atoms. The van der Waals surface area contributed by atoms with Gasteiger partial charge in [-0.25, -0.2) is 0 Å². The van der Waals surface area contributed by atoms with Crippen LogP contribution < -0.4 is 5.73 Å². The number of hydrogen-bond donors (Lipinski definition) is 1. The van der Waals surface area contributed by atoms with Gasteiger partial charge in [-0.2, -0.15) is 13.2 Å². The molecule has 2 N–H and O–H groups in total. The van der Waals surface area contributed by atoms with E-state index in [0.717, 1.165) is 22.8 Å². The number of ether oxygens (including phenoxy) is 1. The smallest absolute Gasteiger partial charge is 0.372 e. The van der Waals surface area contributed by atoms with Crippen LogP contribution in [-0.2, 0) is 17.3 Å². The van der Waals surface area contributed by atoms with E-state index in [1.54, 1.807) is 6.07 Å². The minimum Gasteiger partial charge on any atom is -0.372 e. The Morgan fingerprint density at radius 1 is 1.26 bits per heavy atom. The fraction of sp³-hybridized carbons (Fsp3) is 0.312. The molecular formula is C16H16ClF3N2O. The van der Waals surface area contributed by atoms with Crippen molar-refractivity contribution in [2.24, 2.45) is 5.73 Å². The number of fused-ring (bicyclic) bond motifs is 1. The van der Waals surface area contributed by atoms with Crippen LogP contribution in [0.25, 0.3) is 11.1 Å². The van der Waals surface area contributed by atoms with E-state index >= 15 is 0 Å². The molecule has 0 fully saturated rings. The van der Waals surface area contributed by atoms with Crippen molar-refractivity contribution in [2.45, 2.75) is 18.7 Å². The van der Waals surface area contributed by atoms with Crippen LogP contribution in [0.3, 0.4) is 0 Å². The molecule has 1 aliphatic rings. The fourth-order valence-electron chi connectivity index (χ4n) is 2.80. The Morgan fingerprint density at radius 3 is 2.74 bits per heavy atom. The maximum atomic E-state index is 12.8. The molecule has 0 amide bonds. The molecule has 1 aromatic carbocycles. The number of benzene rings is 1. The Bertz CT molecular complexity index is 691. The standard InChI is InChI=1S/C16H15F3N2O.ClH/c17-16(18,19)15-8-10(4-6-21-15)11-2-1-3-13-12(11)5-7-22-14(13)9-20;/h1-4,6,8,14H,5,7,9,20H2;1H/t14-;/m0./s1. The number of pyridine rings is 1. The van der Waals surface area contributed by atoms with E-state index in [2.05, 4.69) is 4.98 Å². The van der Waals surface area contributed by atoms with Gasteiger partial charge in [0, 0.05) is 12.7 Å². The lowest BCUT2D eigenvalue weighted by molar-refractivity contribution is -0.141. The second-order valence-electron chi connectivity index (χ2n) is 5.15. The summed E-state index contributed by atoms with van der Waals surface area (Å²) in [6.45, 7) is 0.865. The largest absolute Gasteiger partial charge is 0.433 e. The monoisotopic (exact) mass is 344 g/mol. The molecule has 3 nitrogen and oxygen atoms in total. The van der Waals surface area contributed by atoms with E-state index in [1.807, 2.05) is 18.2 Å². The number of hydrogen-bond acceptors (Lipinski definition) is 3. The summed E-state index contributed by atoms with van der Waals surface area (Å²) in [6, 6.07) is 8.24. The van der Waals surface area contributed by atoms with Crippen molar-refractivity contribution in [1.82, 2.24) is 4.98 Å². The third kappa shape index (κ3) is 3.49. The van der Waals surface area contributed by atoms with E-state index < -0.39 is 11.9 Å². The number of nitrogens with two attached hydrogens (primary N) is 1. The van der Waals surface area contributed by atoms with Gasteiger partial charge in [-0.1, -0.05) is 18.2 Å². The molecule has 0 aliphatic carbocycles. The first-order chi connectivity index (χ1) is 10.5. The Labute approximate surface area is 138 Å². The van der Waals surface area contributed by atoms with Crippen molar-refractivity contribution in [1.29, 1.82) is 0 Å². The van der Waals surface area contributed by atoms with Gasteiger partial charge < -0.3 is 10.5 Å². The summed E-state index contributed by atoms with van der Waals surface area (Å²) in [7, 11) is 0. The third-order valence-electron chi connectivity index (χ3n) is 3.81. The first kappa shape index (κ1) is 17.7. The van der Waals surface area contributed by atoms with Gasteiger partial charge in [0.15, 0.2) is 0 Å². The number of aromatic nitrogens is 1. The highest BCUT2D eigenvalue weighted by molar-refractivity contribution is 5.85. The summed E-state index contributed by atoms with van der Waals surface area (Å²) in [5, 5.41) is 0. The zero-order valence-electron chi connectivity index (χ0n) is 12.1. The molecule has 0 radical (unpaired) electrons. The maximum absolute atomic E-state index is 12.8. The predicted molar refractivity (Wildman–Crippen MR) is 83.4 cm³/mol. The van der Waals surface area contributed by atoms with Crippen molar-refractivity contribution in [3.8, 4) is 11.1 Å². The highest BCUT2D eigenvalue weighted by Crippen LogP contribution is 2.36. The van der Waals surface area contributed by atoms with E-state index in [4.69, 9.17) is 10.5 Å². The molecule has 7 heteroatoms. The average Bonchev–Trinajstić information content (AvgIpc) is 2.53. The lowest BCUT2D eigenvalue weighted by atomic mass is 9.89. The van der Waals surface area contributed by atoms with E-state index in [1.165, 1.54) is 6.20 Å². The second kappa shape index (κ2) is 6.86. The van der Waals surface area contributed by atoms with Crippen LogP contribution in [0.2, 0.25) is 0 Å². The minimum absolute atomic E-state index is 0. The predicted octanol–water partition coefficient (Wildman–Crippen LogP) is 3.76. The van der Waals surface area contributed by atoms with Gasteiger partial charge in [0.1, 0.15) is 5.69 Å². The van der Waals surface area contributed by atoms with Gasteiger partial charge in [-0.15, -0.1) is 12.4 Å². The molecule has 1 aromatic heterocycles. The lowest BCUT2D eigenvalue weighted by Crippen LogP contribution is -2.23. The van der Waals surface area contributed by atoms with Crippen LogP contribution in [-0.4, -0.2) is 18.1 Å². The van der Waals surface area contributed by atoms with Crippen LogP contribution >= 0.6 is 12.4 Å². The van der Waals surface area contributed by atoms with Crippen LogP contribution in [0.4, 0.5) is 13.2 Å². The molecule has 0 saturated carbocycles. The van der Waals surface area contributed by atoms with Crippen LogP contribution in [0.5, 0.6) is 0 Å². The summed E-state index contributed by atoms with van der Waals surface area (Å²) >= 11 is 0. The lowest BCUT2D eigenvalue weighted by Gasteiger charge is -2.27. The van der Waals surface area contributed by atoms with Gasteiger partial charge in [-0.3, -0.25) is 4.98 Å². The zero-order valence-corrected chi connectivity index (χ0v) is 13.0. The van der Waals surface area contributed by atoms with Gasteiger partial charge in [-0.05, 0) is 40.8 Å². The quantitative estimate of drug-likeness (QED) is 0.902. The second-order valence-corrected chi connectivity index (χ2v) is 5.15. The highest BCUT2D eigenvalue weighted by Gasteiger charge is 2.33. The maximum Gasteiger partial charge on any atom is 0.433 e. The molecule has 3 rings (SSSR count). The van der Waals surface area contributed by atoms with E-state index in [9.17, 15) is 13.2 Å². The SMILES string of the molecule is Cl.NC[C@@H]1OCCc2c(-c3ccnc(C(F)(F)F)c3)cccc21. The Morgan fingerprint density at radius 2 is 2.04 bits per heavy atom. The number of nitrogens with zero attached hydrogens (tertiary/aromatic N) is 1. The van der Waals surface area contributed by atoms with Crippen molar-refractivity contribution in [3.63, 3.8) is 0 Å². The average molecular weight is 345 g/mol. The van der Waals surface area contributed by atoms with E-state index in [0.29, 0.717) is 25.1 Å². The summed E-state index contributed by atoms with van der Waals surface area (Å²) in [5.74, 6) is 0. The van der Waals surface area contributed by atoms with Crippen LogP contribution in [0.1, 0.15) is 22.9 Å². The summed E-state index contributed by atoms with van der Waals surface area (Å²) in [5.41, 5.74) is 8.07. The molecule has 0 spiro atoms. The first-order valence-electron chi connectivity index (χ1n) is 6.98. The molecule has 0 bridgehead atoms. The third-order valence-corrected chi connectivity index (χ3v) is 3.81. The molecule has 0 unspecified atom stereocenters. The van der Waals surface area contributed by atoms with Gasteiger partial charge >= 0.3 is 6.18 Å². The Kier molecular flexibility index (Phi) is 5.29. The molecule has 2 heterocycles. The van der Waals surface area contributed by atoms with Crippen molar-refractivity contribution in [2.75, 3.05) is 13.2 Å². The number of halogens is 4. The summed E-state index contributed by atoms with van der Waals surface area (Å²) in [6.07, 6.45) is -2.80. The van der Waals surface area contributed by atoms with Crippen molar-refractivity contribution >= 4 is 12.4 Å². The molecule has 1 atom stereocenters. The van der Waals surface area contributed by atoms with E-state index in [-0.39, 0.29) is 18.5 Å². The fourth-order valence-corrected chi connectivity index (χ4v) is 2.80. The Hall–Kier alpha value is -1.63.